The lowest BCUT2D eigenvalue weighted by atomic mass is 10.1. The van der Waals surface area contributed by atoms with Crippen LogP contribution >= 0.6 is 0 Å². The topological polar surface area (TPSA) is 59.5 Å². The van der Waals surface area contributed by atoms with Crippen molar-refractivity contribution in [3.8, 4) is 5.75 Å². The highest BCUT2D eigenvalue weighted by Gasteiger charge is 2.25. The van der Waals surface area contributed by atoms with Gasteiger partial charge < -0.3 is 4.74 Å². The number of ether oxygens (including phenoxy) is 1. The average Bonchev–Trinajstić information content (AvgIpc) is 2.74. The Hall–Kier alpha value is -2.70. The van der Waals surface area contributed by atoms with Gasteiger partial charge in [-0.3, -0.25) is 4.98 Å². The van der Waals surface area contributed by atoms with Crippen molar-refractivity contribution in [1.82, 2.24) is 9.29 Å². The van der Waals surface area contributed by atoms with Crippen LogP contribution in [0.1, 0.15) is 23.7 Å². The van der Waals surface area contributed by atoms with Gasteiger partial charge in [-0.1, -0.05) is 36.4 Å². The van der Waals surface area contributed by atoms with Crippen molar-refractivity contribution in [3.05, 3.63) is 89.7 Å². The molecule has 5 nitrogen and oxygen atoms in total. The summed E-state index contributed by atoms with van der Waals surface area (Å²) >= 11 is 0. The Balaban J connectivity index is 1.89. The summed E-state index contributed by atoms with van der Waals surface area (Å²) in [4.78, 5) is 4.58. The molecule has 1 heterocycles. The van der Waals surface area contributed by atoms with Gasteiger partial charge in [0.15, 0.2) is 0 Å². The zero-order valence-corrected chi connectivity index (χ0v) is 17.6. The fourth-order valence-corrected chi connectivity index (χ4v) is 4.60. The van der Waals surface area contributed by atoms with E-state index in [2.05, 4.69) is 4.98 Å². The fraction of sp³-hybridized carbons (Fsp3) is 0.261. The number of hydrogen-bond donors (Lipinski definition) is 0. The van der Waals surface area contributed by atoms with Gasteiger partial charge in [0.1, 0.15) is 5.75 Å². The highest BCUT2D eigenvalue weighted by Crippen LogP contribution is 2.25. The van der Waals surface area contributed by atoms with Crippen molar-refractivity contribution in [3.63, 3.8) is 0 Å². The molecular weight excluding hydrogens is 384 g/mol. The lowest BCUT2D eigenvalue weighted by Crippen LogP contribution is -2.33. The minimum absolute atomic E-state index is 0.224. The molecule has 3 aromatic rings. The quantitative estimate of drug-likeness (QED) is 0.530. The Morgan fingerprint density at radius 3 is 2.41 bits per heavy atom. The smallest absolute Gasteiger partial charge is 0.243 e. The van der Waals surface area contributed by atoms with Crippen molar-refractivity contribution in [1.29, 1.82) is 0 Å². The minimum Gasteiger partial charge on any atom is -0.494 e. The van der Waals surface area contributed by atoms with Crippen LogP contribution in [0.25, 0.3) is 0 Å². The monoisotopic (exact) mass is 410 g/mol. The van der Waals surface area contributed by atoms with Crippen LogP contribution in [-0.4, -0.2) is 30.9 Å². The Kier molecular flexibility index (Phi) is 7.01. The second-order valence-corrected chi connectivity index (χ2v) is 8.69. The molecule has 0 bridgehead atoms. The summed E-state index contributed by atoms with van der Waals surface area (Å²) in [6.45, 7) is 4.90. The normalized spacial score (nSPS) is 11.6. The Bertz CT molecular complexity index is 1020. The summed E-state index contributed by atoms with van der Waals surface area (Å²) < 4.78 is 33.9. The zero-order valence-electron chi connectivity index (χ0n) is 16.8. The van der Waals surface area contributed by atoms with Gasteiger partial charge in [0.05, 0.1) is 23.7 Å². The number of rotatable bonds is 9. The summed E-state index contributed by atoms with van der Waals surface area (Å²) in [6.07, 6.45) is 2.31. The van der Waals surface area contributed by atoms with E-state index in [0.717, 1.165) is 11.1 Å². The number of aryl methyl sites for hydroxylation is 1. The van der Waals surface area contributed by atoms with Crippen LogP contribution in [0.5, 0.6) is 5.75 Å². The second-order valence-electron chi connectivity index (χ2n) is 6.76. The maximum Gasteiger partial charge on any atom is 0.243 e. The molecule has 6 heteroatoms. The van der Waals surface area contributed by atoms with E-state index in [0.29, 0.717) is 31.0 Å². The van der Waals surface area contributed by atoms with Crippen molar-refractivity contribution < 1.29 is 13.2 Å². The van der Waals surface area contributed by atoms with Gasteiger partial charge in [0.2, 0.25) is 10.0 Å². The maximum absolute atomic E-state index is 13.4. The molecule has 0 aliphatic heterocycles. The highest BCUT2D eigenvalue weighted by atomic mass is 32.2. The molecular formula is C23H26N2O3S. The van der Waals surface area contributed by atoms with E-state index in [9.17, 15) is 8.42 Å². The molecule has 29 heavy (non-hydrogen) atoms. The zero-order chi connectivity index (χ0) is 20.7. The van der Waals surface area contributed by atoms with Crippen LogP contribution in [0, 0.1) is 6.92 Å². The van der Waals surface area contributed by atoms with E-state index in [1.54, 1.807) is 24.4 Å². The SMILES string of the molecule is CCOc1ccc(S(=O)(=O)N(CCc2ccccc2)Cc2ccccn2)cc1C. The number of benzene rings is 2. The van der Waals surface area contributed by atoms with Gasteiger partial charge in [-0.15, -0.1) is 0 Å². The molecule has 0 aliphatic rings. The third kappa shape index (κ3) is 5.43. The Labute approximate surface area is 173 Å². The fourth-order valence-electron chi connectivity index (χ4n) is 3.10. The summed E-state index contributed by atoms with van der Waals surface area (Å²) in [6, 6.07) is 20.4. The van der Waals surface area contributed by atoms with Gasteiger partial charge in [0.25, 0.3) is 0 Å². The van der Waals surface area contributed by atoms with Gasteiger partial charge >= 0.3 is 0 Å². The molecule has 0 spiro atoms. The van der Waals surface area contributed by atoms with E-state index in [1.807, 2.05) is 62.4 Å². The maximum atomic E-state index is 13.4. The molecule has 0 amide bonds. The molecule has 0 radical (unpaired) electrons. The number of pyridine rings is 1. The van der Waals surface area contributed by atoms with Crippen LogP contribution in [0.4, 0.5) is 0 Å². The van der Waals surface area contributed by atoms with Gasteiger partial charge in [-0.25, -0.2) is 8.42 Å². The first-order valence-electron chi connectivity index (χ1n) is 9.68. The number of aromatic nitrogens is 1. The van der Waals surface area contributed by atoms with Crippen molar-refractivity contribution in [2.24, 2.45) is 0 Å². The van der Waals surface area contributed by atoms with E-state index in [-0.39, 0.29) is 11.4 Å². The van der Waals surface area contributed by atoms with Crippen LogP contribution in [0.15, 0.2) is 77.8 Å². The first kappa shape index (κ1) is 21.0. The molecule has 0 N–H and O–H groups in total. The first-order valence-corrected chi connectivity index (χ1v) is 11.1. The molecule has 3 rings (SSSR count). The first-order chi connectivity index (χ1) is 14.0. The summed E-state index contributed by atoms with van der Waals surface area (Å²) in [5, 5.41) is 0. The highest BCUT2D eigenvalue weighted by molar-refractivity contribution is 7.89. The van der Waals surface area contributed by atoms with Crippen LogP contribution in [0.2, 0.25) is 0 Å². The molecule has 0 fully saturated rings. The third-order valence-electron chi connectivity index (χ3n) is 4.64. The van der Waals surface area contributed by atoms with Crippen LogP contribution in [0.3, 0.4) is 0 Å². The third-order valence-corrected chi connectivity index (χ3v) is 6.48. The Morgan fingerprint density at radius 1 is 1.00 bits per heavy atom. The summed E-state index contributed by atoms with van der Waals surface area (Å²) in [7, 11) is -3.69. The molecule has 0 saturated heterocycles. The number of nitrogens with zero attached hydrogens (tertiary/aromatic N) is 2. The standard InChI is InChI=1S/C23H26N2O3S/c1-3-28-23-13-12-22(17-19(23)2)29(26,27)25(18-21-11-7-8-15-24-21)16-14-20-9-5-4-6-10-20/h4-13,15,17H,3,14,16,18H2,1-2H3. The van der Waals surface area contributed by atoms with Crippen molar-refractivity contribution in [2.75, 3.05) is 13.2 Å². The molecule has 2 aromatic carbocycles. The van der Waals surface area contributed by atoms with E-state index < -0.39 is 10.0 Å². The summed E-state index contributed by atoms with van der Waals surface area (Å²) in [5.41, 5.74) is 2.61. The summed E-state index contributed by atoms with van der Waals surface area (Å²) in [5.74, 6) is 0.701. The van der Waals surface area contributed by atoms with E-state index in [4.69, 9.17) is 4.74 Å². The Morgan fingerprint density at radius 2 is 1.76 bits per heavy atom. The van der Waals surface area contributed by atoms with Crippen LogP contribution in [-0.2, 0) is 23.0 Å². The lowest BCUT2D eigenvalue weighted by molar-refractivity contribution is 0.337. The second kappa shape index (κ2) is 9.67. The predicted octanol–water partition coefficient (Wildman–Crippen LogP) is 4.22. The van der Waals surface area contributed by atoms with Gasteiger partial charge in [0, 0.05) is 12.7 Å². The number of sulfonamides is 1. The largest absolute Gasteiger partial charge is 0.494 e. The van der Waals surface area contributed by atoms with E-state index in [1.165, 1.54) is 4.31 Å². The average molecular weight is 411 g/mol. The molecule has 1 aromatic heterocycles. The van der Waals surface area contributed by atoms with Crippen LogP contribution < -0.4 is 4.74 Å². The molecule has 0 atom stereocenters. The van der Waals surface area contributed by atoms with Crippen molar-refractivity contribution in [2.45, 2.75) is 31.7 Å². The molecule has 0 aliphatic carbocycles. The molecule has 152 valence electrons. The molecule has 0 saturated carbocycles. The number of hydrogen-bond acceptors (Lipinski definition) is 4. The molecule has 0 unspecified atom stereocenters. The lowest BCUT2D eigenvalue weighted by Gasteiger charge is -2.22. The van der Waals surface area contributed by atoms with Crippen molar-refractivity contribution >= 4 is 10.0 Å². The predicted molar refractivity (Wildman–Crippen MR) is 114 cm³/mol. The minimum atomic E-state index is -3.69. The van der Waals surface area contributed by atoms with E-state index >= 15 is 0 Å². The van der Waals surface area contributed by atoms with Gasteiger partial charge in [-0.05, 0) is 61.7 Å². The van der Waals surface area contributed by atoms with Gasteiger partial charge in [-0.2, -0.15) is 4.31 Å².